The highest BCUT2D eigenvalue weighted by atomic mass is 16.1. The molecule has 0 aromatic carbocycles. The van der Waals surface area contributed by atoms with Crippen LogP contribution in [-0.2, 0) is 4.79 Å². The fraction of sp³-hybridized carbons (Fsp3) is 0.875. The standard InChI is InChI=1S/C8H21N5O/c9-2-1-7(8(12)14)13(5-3-10)6-4-11/h7H,1-6,9-11H2,(H2,12,14). The van der Waals surface area contributed by atoms with Crippen molar-refractivity contribution in [2.75, 3.05) is 32.7 Å². The number of carbonyl (C=O) groups excluding carboxylic acids is 1. The summed E-state index contributed by atoms with van der Waals surface area (Å²) in [4.78, 5) is 13.0. The summed E-state index contributed by atoms with van der Waals surface area (Å²) in [6.07, 6.45) is 0.551. The van der Waals surface area contributed by atoms with Gasteiger partial charge >= 0.3 is 0 Å². The van der Waals surface area contributed by atoms with Crippen LogP contribution in [0.2, 0.25) is 0 Å². The van der Waals surface area contributed by atoms with Gasteiger partial charge in [-0.2, -0.15) is 0 Å². The van der Waals surface area contributed by atoms with Gasteiger partial charge in [0.25, 0.3) is 0 Å². The molecule has 0 saturated heterocycles. The van der Waals surface area contributed by atoms with Crippen LogP contribution in [-0.4, -0.2) is 49.6 Å². The van der Waals surface area contributed by atoms with E-state index in [1.165, 1.54) is 0 Å². The summed E-state index contributed by atoms with van der Waals surface area (Å²) in [6, 6.07) is -0.341. The smallest absolute Gasteiger partial charge is 0.234 e. The highest BCUT2D eigenvalue weighted by Gasteiger charge is 2.21. The molecule has 84 valence electrons. The van der Waals surface area contributed by atoms with Gasteiger partial charge in [-0.25, -0.2) is 0 Å². The van der Waals surface area contributed by atoms with E-state index in [1.54, 1.807) is 0 Å². The Kier molecular flexibility index (Phi) is 7.31. The summed E-state index contributed by atoms with van der Waals surface area (Å²) in [5.41, 5.74) is 21.5. The Balaban J connectivity index is 4.29. The molecule has 0 aromatic rings. The van der Waals surface area contributed by atoms with Gasteiger partial charge in [-0.1, -0.05) is 0 Å². The van der Waals surface area contributed by atoms with Crippen LogP contribution in [0.3, 0.4) is 0 Å². The van der Waals surface area contributed by atoms with Gasteiger partial charge in [0, 0.05) is 26.2 Å². The average molecular weight is 203 g/mol. The van der Waals surface area contributed by atoms with Crippen molar-refractivity contribution < 1.29 is 4.79 Å². The summed E-state index contributed by atoms with van der Waals surface area (Å²) in [6.45, 7) is 2.62. The van der Waals surface area contributed by atoms with Gasteiger partial charge in [0.15, 0.2) is 0 Å². The second kappa shape index (κ2) is 7.69. The third-order valence-corrected chi connectivity index (χ3v) is 2.04. The van der Waals surface area contributed by atoms with Crippen molar-refractivity contribution in [2.45, 2.75) is 12.5 Å². The zero-order valence-electron chi connectivity index (χ0n) is 8.48. The van der Waals surface area contributed by atoms with Gasteiger partial charge in [0.05, 0.1) is 6.04 Å². The van der Waals surface area contributed by atoms with Gasteiger partial charge < -0.3 is 22.9 Å². The minimum Gasteiger partial charge on any atom is -0.368 e. The summed E-state index contributed by atoms with van der Waals surface area (Å²) < 4.78 is 0. The maximum absolute atomic E-state index is 11.1. The fourth-order valence-corrected chi connectivity index (χ4v) is 1.42. The largest absolute Gasteiger partial charge is 0.368 e. The fourth-order valence-electron chi connectivity index (χ4n) is 1.42. The first-order chi connectivity index (χ1) is 6.67. The van der Waals surface area contributed by atoms with Crippen LogP contribution in [0.1, 0.15) is 6.42 Å². The third kappa shape index (κ3) is 4.52. The van der Waals surface area contributed by atoms with Crippen LogP contribution in [0, 0.1) is 0 Å². The molecule has 6 heteroatoms. The molecule has 0 aliphatic rings. The number of hydrogen-bond acceptors (Lipinski definition) is 5. The molecule has 0 aromatic heterocycles. The van der Waals surface area contributed by atoms with Crippen LogP contribution >= 0.6 is 0 Å². The summed E-state index contributed by atoms with van der Waals surface area (Å²) in [7, 11) is 0. The van der Waals surface area contributed by atoms with Crippen molar-refractivity contribution in [1.82, 2.24) is 4.90 Å². The van der Waals surface area contributed by atoms with Crippen LogP contribution < -0.4 is 22.9 Å². The molecule has 0 radical (unpaired) electrons. The Morgan fingerprint density at radius 2 is 1.57 bits per heavy atom. The van der Waals surface area contributed by atoms with Crippen molar-refractivity contribution in [2.24, 2.45) is 22.9 Å². The number of carbonyl (C=O) groups is 1. The van der Waals surface area contributed by atoms with Crippen LogP contribution in [0.25, 0.3) is 0 Å². The Labute approximate surface area is 84.6 Å². The Hall–Kier alpha value is -0.690. The van der Waals surface area contributed by atoms with Crippen molar-refractivity contribution in [3.05, 3.63) is 0 Å². The molecule has 8 N–H and O–H groups in total. The van der Waals surface area contributed by atoms with Crippen molar-refractivity contribution in [3.63, 3.8) is 0 Å². The van der Waals surface area contributed by atoms with Gasteiger partial charge in [-0.05, 0) is 13.0 Å². The number of nitrogens with two attached hydrogens (primary N) is 4. The lowest BCUT2D eigenvalue weighted by Crippen LogP contribution is -2.49. The van der Waals surface area contributed by atoms with Crippen molar-refractivity contribution in [3.8, 4) is 0 Å². The van der Waals surface area contributed by atoms with Crippen molar-refractivity contribution in [1.29, 1.82) is 0 Å². The monoisotopic (exact) mass is 203 g/mol. The highest BCUT2D eigenvalue weighted by Crippen LogP contribution is 2.01. The van der Waals surface area contributed by atoms with Gasteiger partial charge in [0.2, 0.25) is 5.91 Å². The average Bonchev–Trinajstić information content (AvgIpc) is 2.13. The molecule has 0 saturated carbocycles. The van der Waals surface area contributed by atoms with E-state index >= 15 is 0 Å². The van der Waals surface area contributed by atoms with E-state index in [9.17, 15) is 4.79 Å². The summed E-state index contributed by atoms with van der Waals surface area (Å²) in [5.74, 6) is -0.364. The zero-order chi connectivity index (χ0) is 11.0. The molecule has 6 nitrogen and oxygen atoms in total. The first-order valence-corrected chi connectivity index (χ1v) is 4.81. The predicted octanol–water partition coefficient (Wildman–Crippen LogP) is -2.59. The molecule has 0 aliphatic heterocycles. The lowest BCUT2D eigenvalue weighted by Gasteiger charge is -2.28. The zero-order valence-corrected chi connectivity index (χ0v) is 8.48. The maximum atomic E-state index is 11.1. The minimum absolute atomic E-state index is 0.341. The number of nitrogens with zero attached hydrogens (tertiary/aromatic N) is 1. The summed E-state index contributed by atoms with van der Waals surface area (Å²) >= 11 is 0. The van der Waals surface area contributed by atoms with E-state index in [0.717, 1.165) is 0 Å². The first kappa shape index (κ1) is 13.3. The van der Waals surface area contributed by atoms with E-state index in [4.69, 9.17) is 22.9 Å². The third-order valence-electron chi connectivity index (χ3n) is 2.04. The van der Waals surface area contributed by atoms with Gasteiger partial charge in [-0.15, -0.1) is 0 Å². The van der Waals surface area contributed by atoms with E-state index < -0.39 is 0 Å². The molecule has 1 atom stereocenters. The molecule has 1 unspecified atom stereocenters. The molecule has 1 amide bonds. The van der Waals surface area contributed by atoms with Crippen LogP contribution in [0.15, 0.2) is 0 Å². The molecule has 0 fully saturated rings. The van der Waals surface area contributed by atoms with Crippen LogP contribution in [0.5, 0.6) is 0 Å². The number of amides is 1. The lowest BCUT2D eigenvalue weighted by atomic mass is 10.1. The van der Waals surface area contributed by atoms with E-state index in [-0.39, 0.29) is 11.9 Å². The first-order valence-electron chi connectivity index (χ1n) is 4.81. The van der Waals surface area contributed by atoms with E-state index in [0.29, 0.717) is 39.1 Å². The number of hydrogen-bond donors (Lipinski definition) is 4. The molecule has 0 rings (SSSR count). The molecule has 0 spiro atoms. The second-order valence-corrected chi connectivity index (χ2v) is 3.11. The van der Waals surface area contributed by atoms with E-state index in [1.807, 2.05) is 4.90 Å². The minimum atomic E-state index is -0.364. The lowest BCUT2D eigenvalue weighted by molar-refractivity contribution is -0.123. The predicted molar refractivity (Wildman–Crippen MR) is 56.3 cm³/mol. The van der Waals surface area contributed by atoms with Gasteiger partial charge in [-0.3, -0.25) is 9.69 Å². The number of primary amides is 1. The maximum Gasteiger partial charge on any atom is 0.234 e. The Morgan fingerprint density at radius 1 is 1.07 bits per heavy atom. The van der Waals surface area contributed by atoms with Gasteiger partial charge in [0.1, 0.15) is 0 Å². The topological polar surface area (TPSA) is 124 Å². The summed E-state index contributed by atoms with van der Waals surface area (Å²) in [5, 5.41) is 0. The Bertz CT molecular complexity index is 158. The second-order valence-electron chi connectivity index (χ2n) is 3.11. The highest BCUT2D eigenvalue weighted by molar-refractivity contribution is 5.79. The molecule has 0 bridgehead atoms. The molecular formula is C8H21N5O. The Morgan fingerprint density at radius 3 is 1.86 bits per heavy atom. The SMILES string of the molecule is NCCC(C(N)=O)N(CCN)CCN. The molecular weight excluding hydrogens is 182 g/mol. The van der Waals surface area contributed by atoms with Crippen LogP contribution in [0.4, 0.5) is 0 Å². The van der Waals surface area contributed by atoms with E-state index in [2.05, 4.69) is 0 Å². The number of rotatable bonds is 8. The molecule has 14 heavy (non-hydrogen) atoms. The quantitative estimate of drug-likeness (QED) is 0.344. The molecule has 0 aliphatic carbocycles. The normalized spacial score (nSPS) is 13.1. The molecule has 0 heterocycles. The van der Waals surface area contributed by atoms with Crippen molar-refractivity contribution >= 4 is 5.91 Å².